The van der Waals surface area contributed by atoms with E-state index in [1.54, 1.807) is 20.3 Å². The van der Waals surface area contributed by atoms with Crippen molar-refractivity contribution in [3.63, 3.8) is 0 Å². The van der Waals surface area contributed by atoms with Crippen LogP contribution in [-0.4, -0.2) is 30.2 Å². The molecule has 1 N–H and O–H groups in total. The molecule has 23 heavy (non-hydrogen) atoms. The van der Waals surface area contributed by atoms with Gasteiger partial charge in [0.25, 0.3) is 0 Å². The summed E-state index contributed by atoms with van der Waals surface area (Å²) in [5.74, 6) is 1.74. The highest BCUT2D eigenvalue weighted by Crippen LogP contribution is 2.43. The van der Waals surface area contributed by atoms with E-state index in [0.29, 0.717) is 39.3 Å². The van der Waals surface area contributed by atoms with Crippen molar-refractivity contribution in [1.82, 2.24) is 9.97 Å². The highest BCUT2D eigenvalue weighted by Gasteiger charge is 2.22. The summed E-state index contributed by atoms with van der Waals surface area (Å²) >= 11 is 12.4. The summed E-state index contributed by atoms with van der Waals surface area (Å²) in [6.07, 6.45) is 5.95. The second-order valence-corrected chi connectivity index (χ2v) is 6.38. The molecule has 1 aliphatic carbocycles. The van der Waals surface area contributed by atoms with Crippen LogP contribution in [0.5, 0.6) is 11.5 Å². The van der Waals surface area contributed by atoms with Gasteiger partial charge < -0.3 is 14.8 Å². The van der Waals surface area contributed by atoms with E-state index in [9.17, 15) is 0 Å². The highest BCUT2D eigenvalue weighted by molar-refractivity contribution is 6.36. The van der Waals surface area contributed by atoms with Crippen molar-refractivity contribution in [3.8, 4) is 11.5 Å². The number of rotatable bonds is 4. The zero-order valence-electron chi connectivity index (χ0n) is 13.2. The number of fused-ring (bicyclic) bond motifs is 1. The van der Waals surface area contributed by atoms with Crippen molar-refractivity contribution in [2.45, 2.75) is 38.1 Å². The molecule has 1 heterocycles. The maximum absolute atomic E-state index is 6.34. The molecule has 1 aromatic carbocycles. The van der Waals surface area contributed by atoms with Crippen LogP contribution in [-0.2, 0) is 0 Å². The first-order valence-corrected chi connectivity index (χ1v) is 8.44. The van der Waals surface area contributed by atoms with E-state index in [2.05, 4.69) is 15.3 Å². The van der Waals surface area contributed by atoms with Crippen LogP contribution >= 0.6 is 23.2 Å². The first-order chi connectivity index (χ1) is 11.1. The lowest BCUT2D eigenvalue weighted by Crippen LogP contribution is -2.23. The lowest BCUT2D eigenvalue weighted by Gasteiger charge is -2.24. The summed E-state index contributed by atoms with van der Waals surface area (Å²) in [6, 6.07) is 2.05. The Kier molecular flexibility index (Phi) is 4.97. The second kappa shape index (κ2) is 6.97. The van der Waals surface area contributed by atoms with E-state index in [1.165, 1.54) is 19.3 Å². The van der Waals surface area contributed by atoms with Gasteiger partial charge in [-0.1, -0.05) is 30.9 Å². The van der Waals surface area contributed by atoms with E-state index < -0.39 is 0 Å². The smallest absolute Gasteiger partial charge is 0.224 e. The predicted octanol–water partition coefficient (Wildman–Crippen LogP) is 4.70. The standard InChI is InChI=1S/C16H19Cl2N3O2/c1-22-11-8-10(17)13-12(14(11)23-2)15(21-16(18)20-13)19-9-6-4-3-5-7-9/h8-9H,3-7H2,1-2H3,(H,19,20,21). The largest absolute Gasteiger partial charge is 0.493 e. The second-order valence-electron chi connectivity index (χ2n) is 5.64. The molecular weight excluding hydrogens is 337 g/mol. The Morgan fingerprint density at radius 3 is 2.48 bits per heavy atom. The number of ether oxygens (including phenoxy) is 2. The molecule has 3 rings (SSSR count). The summed E-state index contributed by atoms with van der Waals surface area (Å²) in [5, 5.41) is 4.80. The van der Waals surface area contributed by atoms with Crippen molar-refractivity contribution < 1.29 is 9.47 Å². The predicted molar refractivity (Wildman–Crippen MR) is 93.2 cm³/mol. The van der Waals surface area contributed by atoms with Crippen LogP contribution in [0.4, 0.5) is 5.82 Å². The van der Waals surface area contributed by atoms with Crippen LogP contribution in [0.1, 0.15) is 32.1 Å². The SMILES string of the molecule is COc1cc(Cl)c2nc(Cl)nc(NC3CCCCC3)c2c1OC. The van der Waals surface area contributed by atoms with Gasteiger partial charge in [0, 0.05) is 12.1 Å². The molecule has 2 aromatic rings. The molecule has 0 amide bonds. The third-order valence-corrected chi connectivity index (χ3v) is 4.64. The monoisotopic (exact) mass is 355 g/mol. The zero-order chi connectivity index (χ0) is 16.4. The maximum atomic E-state index is 6.34. The fourth-order valence-electron chi connectivity index (χ4n) is 3.09. The first-order valence-electron chi connectivity index (χ1n) is 7.68. The van der Waals surface area contributed by atoms with Gasteiger partial charge in [0.2, 0.25) is 5.28 Å². The Hall–Kier alpha value is -1.46. The van der Waals surface area contributed by atoms with Crippen LogP contribution in [0.25, 0.3) is 10.9 Å². The van der Waals surface area contributed by atoms with Crippen LogP contribution in [0.2, 0.25) is 10.3 Å². The molecule has 1 fully saturated rings. The molecule has 0 atom stereocenters. The van der Waals surface area contributed by atoms with Gasteiger partial charge in [-0.3, -0.25) is 0 Å². The maximum Gasteiger partial charge on any atom is 0.224 e. The lowest BCUT2D eigenvalue weighted by atomic mass is 9.95. The summed E-state index contributed by atoms with van der Waals surface area (Å²) < 4.78 is 10.9. The fraction of sp³-hybridized carbons (Fsp3) is 0.500. The quantitative estimate of drug-likeness (QED) is 0.805. The number of methoxy groups -OCH3 is 2. The van der Waals surface area contributed by atoms with Gasteiger partial charge in [-0.2, -0.15) is 4.98 Å². The van der Waals surface area contributed by atoms with Crippen LogP contribution in [0, 0.1) is 0 Å². The first kappa shape index (κ1) is 16.4. The molecule has 7 heteroatoms. The lowest BCUT2D eigenvalue weighted by molar-refractivity contribution is 0.358. The van der Waals surface area contributed by atoms with Gasteiger partial charge in [0.1, 0.15) is 11.3 Å². The van der Waals surface area contributed by atoms with E-state index >= 15 is 0 Å². The number of anilines is 1. The Bertz CT molecular complexity index is 718. The topological polar surface area (TPSA) is 56.3 Å². The summed E-state index contributed by atoms with van der Waals surface area (Å²) in [4.78, 5) is 8.63. The molecule has 0 radical (unpaired) electrons. The van der Waals surface area contributed by atoms with E-state index in [0.717, 1.165) is 12.8 Å². The fourth-order valence-corrected chi connectivity index (χ4v) is 3.50. The molecule has 1 saturated carbocycles. The average Bonchev–Trinajstić information content (AvgIpc) is 2.56. The minimum Gasteiger partial charge on any atom is -0.493 e. The highest BCUT2D eigenvalue weighted by atomic mass is 35.5. The summed E-state index contributed by atoms with van der Waals surface area (Å²) in [5.41, 5.74) is 0.558. The Morgan fingerprint density at radius 1 is 1.09 bits per heavy atom. The minimum atomic E-state index is 0.157. The van der Waals surface area contributed by atoms with Crippen molar-refractivity contribution >= 4 is 39.9 Å². The molecule has 0 bridgehead atoms. The van der Waals surface area contributed by atoms with E-state index in [1.807, 2.05) is 0 Å². The van der Waals surface area contributed by atoms with Crippen LogP contribution in [0.15, 0.2) is 6.07 Å². The van der Waals surface area contributed by atoms with Gasteiger partial charge in [-0.25, -0.2) is 4.98 Å². The van der Waals surface area contributed by atoms with Crippen molar-refractivity contribution in [2.75, 3.05) is 19.5 Å². The normalized spacial score (nSPS) is 15.7. The average molecular weight is 356 g/mol. The van der Waals surface area contributed by atoms with Gasteiger partial charge >= 0.3 is 0 Å². The third kappa shape index (κ3) is 3.26. The van der Waals surface area contributed by atoms with Gasteiger partial charge in [-0.15, -0.1) is 0 Å². The molecule has 5 nitrogen and oxygen atoms in total. The molecule has 1 aromatic heterocycles. The van der Waals surface area contributed by atoms with Crippen molar-refractivity contribution in [3.05, 3.63) is 16.4 Å². The van der Waals surface area contributed by atoms with Crippen LogP contribution in [0.3, 0.4) is 0 Å². The molecule has 0 unspecified atom stereocenters. The molecule has 1 aliphatic rings. The Morgan fingerprint density at radius 2 is 1.83 bits per heavy atom. The summed E-state index contributed by atoms with van der Waals surface area (Å²) in [6.45, 7) is 0. The van der Waals surface area contributed by atoms with Crippen molar-refractivity contribution in [1.29, 1.82) is 0 Å². The van der Waals surface area contributed by atoms with Gasteiger partial charge in [0.15, 0.2) is 11.5 Å². The number of halogens is 2. The van der Waals surface area contributed by atoms with Gasteiger partial charge in [0.05, 0.1) is 24.6 Å². The van der Waals surface area contributed by atoms with Crippen molar-refractivity contribution in [2.24, 2.45) is 0 Å². The number of nitrogens with one attached hydrogen (secondary N) is 1. The molecule has 124 valence electrons. The Labute approximate surface area is 145 Å². The molecule has 0 spiro atoms. The number of hydrogen-bond acceptors (Lipinski definition) is 5. The number of nitrogens with zero attached hydrogens (tertiary/aromatic N) is 2. The number of aromatic nitrogens is 2. The number of benzene rings is 1. The van der Waals surface area contributed by atoms with Crippen LogP contribution < -0.4 is 14.8 Å². The zero-order valence-corrected chi connectivity index (χ0v) is 14.7. The van der Waals surface area contributed by atoms with E-state index in [4.69, 9.17) is 32.7 Å². The van der Waals surface area contributed by atoms with Gasteiger partial charge in [-0.05, 0) is 24.4 Å². The molecule has 0 saturated heterocycles. The summed E-state index contributed by atoms with van der Waals surface area (Å²) in [7, 11) is 3.16. The third-order valence-electron chi connectivity index (χ3n) is 4.19. The molecule has 0 aliphatic heterocycles. The van der Waals surface area contributed by atoms with E-state index in [-0.39, 0.29) is 5.28 Å². The Balaban J connectivity index is 2.16. The minimum absolute atomic E-state index is 0.157. The molecular formula is C16H19Cl2N3O2. The number of hydrogen-bond donors (Lipinski definition) is 1.